The lowest BCUT2D eigenvalue weighted by molar-refractivity contribution is -0.181. The number of carbonyl (C=O) groups excluding carboxylic acids is 3. The topological polar surface area (TPSA) is 85.3 Å². The van der Waals surface area contributed by atoms with Crippen molar-refractivity contribution in [1.29, 1.82) is 0 Å². The van der Waals surface area contributed by atoms with E-state index in [1.807, 2.05) is 0 Å². The maximum absolute atomic E-state index is 13.5. The number of ether oxygens (including phenoxy) is 1. The smallest absolute Gasteiger partial charge is 0.354 e. The minimum absolute atomic E-state index is 0.00377. The van der Waals surface area contributed by atoms with E-state index in [0.29, 0.717) is 16.2 Å². The van der Waals surface area contributed by atoms with Crippen molar-refractivity contribution in [2.24, 2.45) is 55.4 Å². The highest BCUT2D eigenvalue weighted by Gasteiger charge is 2.69. The number of amides is 1. The Morgan fingerprint density at radius 2 is 1.73 bits per heavy atom. The molecule has 5 fully saturated rings. The fourth-order valence-corrected chi connectivity index (χ4v) is 12.7. The van der Waals surface area contributed by atoms with Gasteiger partial charge in [0.1, 0.15) is 10.9 Å². The molecule has 0 aromatic rings. The average Bonchev–Trinajstić information content (AvgIpc) is 3.28. The molecule has 1 aliphatic heterocycles. The largest absolute Gasteiger partial charge is 0.469 e. The number of thioether (sulfide) groups is 1. The summed E-state index contributed by atoms with van der Waals surface area (Å²) in [6, 6.07) is 0. The molecule has 45 heavy (non-hydrogen) atoms. The van der Waals surface area contributed by atoms with Gasteiger partial charge in [0.05, 0.1) is 24.0 Å². The molecule has 9 heteroatoms. The lowest BCUT2D eigenvalue weighted by Crippen LogP contribution is -2.64. The van der Waals surface area contributed by atoms with Gasteiger partial charge in [0.15, 0.2) is 0 Å². The van der Waals surface area contributed by atoms with Gasteiger partial charge in [-0.3, -0.25) is 14.5 Å². The van der Waals surface area contributed by atoms with Crippen molar-refractivity contribution in [3.05, 3.63) is 11.6 Å². The molecule has 7 nitrogen and oxygen atoms in total. The van der Waals surface area contributed by atoms with Crippen molar-refractivity contribution in [1.82, 2.24) is 4.90 Å². The second-order valence-corrected chi connectivity index (χ2v) is 18.7. The van der Waals surface area contributed by atoms with Crippen LogP contribution in [0, 0.1) is 50.2 Å². The first kappa shape index (κ1) is 33.2. The Morgan fingerprint density at radius 1 is 1.02 bits per heavy atom. The fourth-order valence-electron chi connectivity index (χ4n) is 11.6. The summed E-state index contributed by atoms with van der Waals surface area (Å²) in [6.07, 6.45) is 12.6. The van der Waals surface area contributed by atoms with Crippen LogP contribution in [0.1, 0.15) is 113 Å². The van der Waals surface area contributed by atoms with Crippen LogP contribution in [-0.2, 0) is 24.0 Å². The van der Waals surface area contributed by atoms with E-state index in [1.165, 1.54) is 16.7 Å². The van der Waals surface area contributed by atoms with Crippen molar-refractivity contribution < 1.29 is 24.0 Å². The lowest BCUT2D eigenvalue weighted by Gasteiger charge is -2.70. The second kappa shape index (κ2) is 10.9. The zero-order chi connectivity index (χ0) is 32.8. The van der Waals surface area contributed by atoms with Crippen molar-refractivity contribution >= 4 is 51.9 Å². The number of hydrogen-bond donors (Lipinski definition) is 0. The Hall–Kier alpha value is -1.74. The van der Waals surface area contributed by atoms with Gasteiger partial charge in [-0.25, -0.2) is 4.79 Å². The van der Waals surface area contributed by atoms with Crippen LogP contribution < -0.4 is 0 Å². The molecule has 1 amide bonds. The van der Waals surface area contributed by atoms with Crippen LogP contribution in [0.25, 0.3) is 0 Å². The quantitative estimate of drug-likeness (QED) is 0.101. The lowest BCUT2D eigenvalue weighted by atomic mass is 9.33. The first-order chi connectivity index (χ1) is 20.9. The molecule has 0 bridgehead atoms. The number of allylic oxidation sites excluding steroid dienone is 2. The summed E-state index contributed by atoms with van der Waals surface area (Å²) >= 11 is 6.49. The summed E-state index contributed by atoms with van der Waals surface area (Å²) in [5.74, 6) is 0.735. The number of thiocarbonyl (C=S) groups is 1. The SMILES string of the molecule is COC(=O)[C@]12CCC(C)(C)C[C@@H]1C1=CC[C@@H]3[C@@]4(C)CC/C(=N/OC(=O)CN5C(=O)CSC5=S)C(C)(C)[C@@H]4CC[C@@]3(C)[C@]1(C)CC2. The minimum atomic E-state index is -0.551. The highest BCUT2D eigenvalue weighted by molar-refractivity contribution is 8.23. The van der Waals surface area contributed by atoms with E-state index in [4.69, 9.17) is 21.8 Å². The molecule has 0 radical (unpaired) electrons. The highest BCUT2D eigenvalue weighted by Crippen LogP contribution is 2.75. The van der Waals surface area contributed by atoms with Crippen molar-refractivity contribution in [2.45, 2.75) is 113 Å². The third-order valence-electron chi connectivity index (χ3n) is 14.4. The summed E-state index contributed by atoms with van der Waals surface area (Å²) in [5.41, 5.74) is 2.36. The molecule has 6 aliphatic rings. The Labute approximate surface area is 279 Å². The highest BCUT2D eigenvalue weighted by atomic mass is 32.2. The molecule has 1 saturated heterocycles. The van der Waals surface area contributed by atoms with Gasteiger partial charge < -0.3 is 9.57 Å². The van der Waals surface area contributed by atoms with E-state index in [2.05, 4.69) is 59.7 Å². The zero-order valence-electron chi connectivity index (χ0n) is 28.5. The van der Waals surface area contributed by atoms with E-state index < -0.39 is 5.97 Å². The third kappa shape index (κ3) is 4.82. The van der Waals surface area contributed by atoms with E-state index in [-0.39, 0.29) is 62.6 Å². The molecule has 5 aliphatic carbocycles. The molecular weight excluding hydrogens is 605 g/mol. The second-order valence-electron chi connectivity index (χ2n) is 17.1. The molecule has 0 N–H and O–H groups in total. The van der Waals surface area contributed by atoms with E-state index in [1.54, 1.807) is 12.7 Å². The number of rotatable bonds is 4. The number of nitrogens with zero attached hydrogens (tertiary/aromatic N) is 2. The molecule has 4 saturated carbocycles. The maximum Gasteiger partial charge on any atom is 0.354 e. The van der Waals surface area contributed by atoms with Gasteiger partial charge >= 0.3 is 11.9 Å². The van der Waals surface area contributed by atoms with Gasteiger partial charge in [-0.05, 0) is 104 Å². The Kier molecular flexibility index (Phi) is 8.03. The van der Waals surface area contributed by atoms with Crippen LogP contribution >= 0.6 is 24.0 Å². The molecule has 6 rings (SSSR count). The summed E-state index contributed by atoms with van der Waals surface area (Å²) in [4.78, 5) is 45.0. The maximum atomic E-state index is 13.5. The summed E-state index contributed by atoms with van der Waals surface area (Å²) in [7, 11) is 1.57. The molecule has 0 aromatic heterocycles. The predicted octanol–water partition coefficient (Wildman–Crippen LogP) is 7.72. The Bertz CT molecular complexity index is 1370. The Balaban J connectivity index is 1.27. The first-order valence-corrected chi connectivity index (χ1v) is 18.4. The van der Waals surface area contributed by atoms with Crippen LogP contribution in [0.5, 0.6) is 0 Å². The number of fused-ring (bicyclic) bond motifs is 7. The van der Waals surface area contributed by atoms with Crippen LogP contribution in [0.15, 0.2) is 16.8 Å². The van der Waals surface area contributed by atoms with Crippen molar-refractivity contribution in [3.63, 3.8) is 0 Å². The van der Waals surface area contributed by atoms with E-state index >= 15 is 0 Å². The fraction of sp³-hybridized carbons (Fsp3) is 0.806. The van der Waals surface area contributed by atoms with Crippen LogP contribution in [0.4, 0.5) is 0 Å². The zero-order valence-corrected chi connectivity index (χ0v) is 30.2. The van der Waals surface area contributed by atoms with Crippen LogP contribution in [0.3, 0.4) is 0 Å². The standard InChI is InChI=1S/C36H52N2O5S2/c1-31(2)15-17-36(29(41)42-8)18-16-34(6)22(23(36)19-31)9-10-25-33(5)13-12-26(32(3,4)24(33)11-14-35(25,34)7)37-43-28(40)20-38-27(39)21-45-30(38)44/h9,23-25H,10-21H2,1-8H3/b37-26-/t23-,24+,25-,33+,34-,35-,36+/m1/s1. The van der Waals surface area contributed by atoms with E-state index in [0.717, 1.165) is 69.9 Å². The molecule has 7 atom stereocenters. The number of esters is 1. The van der Waals surface area contributed by atoms with Gasteiger partial charge in [0, 0.05) is 5.41 Å². The molecule has 0 unspecified atom stereocenters. The van der Waals surface area contributed by atoms with Crippen molar-refractivity contribution in [2.75, 3.05) is 19.4 Å². The van der Waals surface area contributed by atoms with Gasteiger partial charge in [-0.15, -0.1) is 0 Å². The first-order valence-electron chi connectivity index (χ1n) is 17.0. The van der Waals surface area contributed by atoms with Gasteiger partial charge in [-0.2, -0.15) is 0 Å². The minimum Gasteiger partial charge on any atom is -0.469 e. The van der Waals surface area contributed by atoms with Crippen LogP contribution in [0.2, 0.25) is 0 Å². The van der Waals surface area contributed by atoms with Gasteiger partial charge in [-0.1, -0.05) is 89.3 Å². The number of oxime groups is 1. The van der Waals surface area contributed by atoms with Crippen LogP contribution in [-0.4, -0.2) is 52.2 Å². The predicted molar refractivity (Wildman–Crippen MR) is 181 cm³/mol. The summed E-state index contributed by atoms with van der Waals surface area (Å²) in [5, 5.41) is 4.47. The van der Waals surface area contributed by atoms with E-state index in [9.17, 15) is 14.4 Å². The normalized spacial score (nSPS) is 42.6. The Morgan fingerprint density at radius 3 is 2.40 bits per heavy atom. The van der Waals surface area contributed by atoms with Crippen molar-refractivity contribution in [3.8, 4) is 0 Å². The summed E-state index contributed by atoms with van der Waals surface area (Å²) in [6.45, 7) is 16.8. The molecule has 248 valence electrons. The summed E-state index contributed by atoms with van der Waals surface area (Å²) < 4.78 is 5.95. The number of methoxy groups -OCH3 is 1. The number of hydrogen-bond acceptors (Lipinski definition) is 8. The molecular formula is C36H52N2O5S2. The van der Waals surface area contributed by atoms with Gasteiger partial charge in [0.2, 0.25) is 5.91 Å². The van der Waals surface area contributed by atoms with Gasteiger partial charge in [0.25, 0.3) is 0 Å². The third-order valence-corrected chi connectivity index (χ3v) is 15.8. The molecule has 0 aromatic carbocycles. The monoisotopic (exact) mass is 656 g/mol. The average molecular weight is 657 g/mol. The molecule has 0 spiro atoms. The molecule has 1 heterocycles. The number of carbonyl (C=O) groups is 3.